The van der Waals surface area contributed by atoms with Gasteiger partial charge in [0.1, 0.15) is 12.2 Å². The number of piperidine rings is 1. The lowest BCUT2D eigenvalue weighted by atomic mass is 10.1. The van der Waals surface area contributed by atoms with E-state index >= 15 is 0 Å². The molecule has 3 fully saturated rings. The van der Waals surface area contributed by atoms with Crippen molar-refractivity contribution in [1.82, 2.24) is 4.90 Å². The molecule has 3 atom stereocenters. The molecule has 3 heterocycles. The second-order valence-electron chi connectivity index (χ2n) is 7.02. The summed E-state index contributed by atoms with van der Waals surface area (Å²) >= 11 is 0. The lowest BCUT2D eigenvalue weighted by Gasteiger charge is -2.28. The predicted molar refractivity (Wildman–Crippen MR) is 90.1 cm³/mol. The zero-order valence-corrected chi connectivity index (χ0v) is 14.8. The number of nitrogens with zero attached hydrogens (tertiary/aromatic N) is 1. The molecule has 3 aliphatic rings. The normalized spacial score (nSPS) is 29.5. The highest BCUT2D eigenvalue weighted by Crippen LogP contribution is 2.16. The number of hydrogen-bond donors (Lipinski definition) is 0. The highest BCUT2D eigenvalue weighted by Gasteiger charge is 2.25. The second-order valence-corrected chi connectivity index (χ2v) is 7.02. The van der Waals surface area contributed by atoms with Crippen molar-refractivity contribution in [3.63, 3.8) is 0 Å². The number of epoxide rings is 1. The van der Waals surface area contributed by atoms with Gasteiger partial charge in [0.2, 0.25) is 0 Å². The molecule has 0 spiro atoms. The van der Waals surface area contributed by atoms with Gasteiger partial charge in [0.05, 0.1) is 33.0 Å². The van der Waals surface area contributed by atoms with Crippen molar-refractivity contribution in [2.24, 2.45) is 0 Å². The van der Waals surface area contributed by atoms with Gasteiger partial charge >= 0.3 is 0 Å². The summed E-state index contributed by atoms with van der Waals surface area (Å²) in [5.74, 6) is 0. The van der Waals surface area contributed by atoms with Crippen molar-refractivity contribution in [2.45, 2.75) is 57.0 Å². The molecule has 6 nitrogen and oxygen atoms in total. The maximum atomic E-state index is 6.06. The van der Waals surface area contributed by atoms with Gasteiger partial charge in [0.25, 0.3) is 0 Å². The summed E-state index contributed by atoms with van der Waals surface area (Å²) < 4.78 is 28.5. The van der Waals surface area contributed by atoms with Gasteiger partial charge < -0.3 is 28.6 Å². The molecule has 0 amide bonds. The summed E-state index contributed by atoms with van der Waals surface area (Å²) in [6.07, 6.45) is 7.41. The van der Waals surface area contributed by atoms with Crippen molar-refractivity contribution < 1.29 is 23.7 Å². The number of rotatable bonds is 11. The highest BCUT2D eigenvalue weighted by molar-refractivity contribution is 4.69. The van der Waals surface area contributed by atoms with Gasteiger partial charge in [-0.25, -0.2) is 0 Å². The number of hydrogen-bond acceptors (Lipinski definition) is 6. The van der Waals surface area contributed by atoms with Crippen LogP contribution in [0, 0.1) is 0 Å². The summed E-state index contributed by atoms with van der Waals surface area (Å²) in [6.45, 7) is 7.59. The van der Waals surface area contributed by atoms with E-state index in [-0.39, 0.29) is 18.5 Å². The third-order valence-electron chi connectivity index (χ3n) is 4.80. The molecule has 0 aromatic heterocycles. The van der Waals surface area contributed by atoms with E-state index in [1.165, 1.54) is 38.8 Å². The Morgan fingerprint density at radius 3 is 2.54 bits per heavy atom. The molecule has 140 valence electrons. The number of ether oxygens (including phenoxy) is 5. The minimum atomic E-state index is -0.102. The number of likely N-dealkylation sites (tertiary alicyclic amines) is 1. The molecular formula is C18H33NO5. The standard InChI is InChI=1S/C18H33NO5/c1-3-7-19(8-4-1)9-11-20-13-17(14-21-12-16-15-23-16)24-18-6-2-5-10-22-18/h16-18H,1-15H2. The molecule has 0 bridgehead atoms. The fourth-order valence-corrected chi connectivity index (χ4v) is 3.25. The topological polar surface area (TPSA) is 52.7 Å². The first kappa shape index (κ1) is 18.5. The highest BCUT2D eigenvalue weighted by atomic mass is 16.7. The molecule has 0 saturated carbocycles. The Balaban J connectivity index is 1.31. The van der Waals surface area contributed by atoms with Gasteiger partial charge in [-0.05, 0) is 45.2 Å². The SMILES string of the molecule is C1CCN(CCOCC(COCC2CO2)OC2CCCCO2)CC1. The Kier molecular flexibility index (Phi) is 8.26. The van der Waals surface area contributed by atoms with Crippen molar-refractivity contribution >= 4 is 0 Å². The zero-order valence-electron chi connectivity index (χ0n) is 14.8. The zero-order chi connectivity index (χ0) is 16.5. The van der Waals surface area contributed by atoms with Crippen molar-refractivity contribution in [2.75, 3.05) is 59.3 Å². The van der Waals surface area contributed by atoms with E-state index in [1.54, 1.807) is 0 Å². The first-order valence-corrected chi connectivity index (χ1v) is 9.66. The third-order valence-corrected chi connectivity index (χ3v) is 4.80. The summed E-state index contributed by atoms with van der Waals surface area (Å²) in [4.78, 5) is 2.49. The molecule has 0 N–H and O–H groups in total. The van der Waals surface area contributed by atoms with Gasteiger partial charge in [-0.1, -0.05) is 6.42 Å². The monoisotopic (exact) mass is 343 g/mol. The van der Waals surface area contributed by atoms with Gasteiger partial charge in [-0.2, -0.15) is 0 Å². The first-order chi connectivity index (χ1) is 11.9. The van der Waals surface area contributed by atoms with E-state index in [4.69, 9.17) is 23.7 Å². The molecule has 0 aliphatic carbocycles. The second kappa shape index (κ2) is 10.7. The van der Waals surface area contributed by atoms with E-state index in [9.17, 15) is 0 Å². The Labute approximate surface area is 145 Å². The van der Waals surface area contributed by atoms with Crippen LogP contribution in [0.3, 0.4) is 0 Å². The molecule has 0 aromatic rings. The summed E-state index contributed by atoms with van der Waals surface area (Å²) in [5, 5.41) is 0. The fourth-order valence-electron chi connectivity index (χ4n) is 3.25. The van der Waals surface area contributed by atoms with Crippen LogP contribution in [0.4, 0.5) is 0 Å². The van der Waals surface area contributed by atoms with Crippen molar-refractivity contribution in [3.05, 3.63) is 0 Å². The van der Waals surface area contributed by atoms with Crippen LogP contribution in [0.25, 0.3) is 0 Å². The Morgan fingerprint density at radius 2 is 1.79 bits per heavy atom. The predicted octanol–water partition coefficient (Wildman–Crippen LogP) is 1.82. The van der Waals surface area contributed by atoms with E-state index in [0.29, 0.717) is 19.8 Å². The summed E-state index contributed by atoms with van der Waals surface area (Å²) in [7, 11) is 0. The van der Waals surface area contributed by atoms with Gasteiger partial charge in [0, 0.05) is 13.2 Å². The molecule has 3 unspecified atom stereocenters. The molecule has 0 aromatic carbocycles. The molecule has 24 heavy (non-hydrogen) atoms. The first-order valence-electron chi connectivity index (χ1n) is 9.66. The maximum absolute atomic E-state index is 6.06. The van der Waals surface area contributed by atoms with Crippen LogP contribution in [0.1, 0.15) is 38.5 Å². The molecule has 0 radical (unpaired) electrons. The van der Waals surface area contributed by atoms with Gasteiger partial charge in [0.15, 0.2) is 6.29 Å². The lowest BCUT2D eigenvalue weighted by molar-refractivity contribution is -0.208. The van der Waals surface area contributed by atoms with Gasteiger partial charge in [-0.15, -0.1) is 0 Å². The summed E-state index contributed by atoms with van der Waals surface area (Å²) in [6, 6.07) is 0. The van der Waals surface area contributed by atoms with Crippen LogP contribution >= 0.6 is 0 Å². The van der Waals surface area contributed by atoms with Crippen LogP contribution in [0.15, 0.2) is 0 Å². The average Bonchev–Trinajstić information content (AvgIpc) is 3.45. The molecule has 3 rings (SSSR count). The van der Waals surface area contributed by atoms with E-state index in [2.05, 4.69) is 4.90 Å². The van der Waals surface area contributed by atoms with Crippen LogP contribution in [-0.4, -0.2) is 82.7 Å². The van der Waals surface area contributed by atoms with Crippen LogP contribution in [-0.2, 0) is 23.7 Å². The van der Waals surface area contributed by atoms with Crippen LogP contribution < -0.4 is 0 Å². The lowest BCUT2D eigenvalue weighted by Crippen LogP contribution is -2.36. The fraction of sp³-hybridized carbons (Fsp3) is 1.00. The largest absolute Gasteiger partial charge is 0.377 e. The third kappa shape index (κ3) is 7.33. The average molecular weight is 343 g/mol. The van der Waals surface area contributed by atoms with Crippen LogP contribution in [0.2, 0.25) is 0 Å². The smallest absolute Gasteiger partial charge is 0.158 e. The molecule has 3 aliphatic heterocycles. The van der Waals surface area contributed by atoms with E-state index in [0.717, 1.165) is 39.2 Å². The maximum Gasteiger partial charge on any atom is 0.158 e. The Morgan fingerprint density at radius 1 is 0.958 bits per heavy atom. The van der Waals surface area contributed by atoms with Crippen molar-refractivity contribution in [1.29, 1.82) is 0 Å². The molecular weight excluding hydrogens is 310 g/mol. The summed E-state index contributed by atoms with van der Waals surface area (Å²) in [5.41, 5.74) is 0. The Hall–Kier alpha value is -0.240. The minimum Gasteiger partial charge on any atom is -0.377 e. The Bertz CT molecular complexity index is 327. The van der Waals surface area contributed by atoms with E-state index < -0.39 is 0 Å². The van der Waals surface area contributed by atoms with Gasteiger partial charge in [-0.3, -0.25) is 0 Å². The minimum absolute atomic E-state index is 0.0618. The molecule has 6 heteroatoms. The van der Waals surface area contributed by atoms with Crippen molar-refractivity contribution in [3.8, 4) is 0 Å². The quantitative estimate of drug-likeness (QED) is 0.421. The van der Waals surface area contributed by atoms with E-state index in [1.807, 2.05) is 0 Å². The molecule has 3 saturated heterocycles. The van der Waals surface area contributed by atoms with Crippen LogP contribution in [0.5, 0.6) is 0 Å².